The van der Waals surface area contributed by atoms with Gasteiger partial charge in [0.2, 0.25) is 5.95 Å². The van der Waals surface area contributed by atoms with Gasteiger partial charge in [0.1, 0.15) is 11.5 Å². The molecule has 0 fully saturated rings. The quantitative estimate of drug-likeness (QED) is 0.445. The monoisotopic (exact) mass is 451 g/mol. The number of amides is 1. The van der Waals surface area contributed by atoms with Gasteiger partial charge in [0.25, 0.3) is 11.5 Å². The molecule has 4 aromatic rings. The molecular weight excluding hydrogens is 430 g/mol. The average molecular weight is 452 g/mol. The largest absolute Gasteiger partial charge is 0.493 e. The zero-order chi connectivity index (χ0) is 22.7. The van der Waals surface area contributed by atoms with E-state index in [1.54, 1.807) is 24.3 Å². The van der Waals surface area contributed by atoms with Crippen LogP contribution in [0.25, 0.3) is 16.5 Å². The molecule has 1 aromatic carbocycles. The fourth-order valence-electron chi connectivity index (χ4n) is 3.12. The van der Waals surface area contributed by atoms with Crippen LogP contribution in [0.4, 0.5) is 5.82 Å². The van der Waals surface area contributed by atoms with Crippen molar-refractivity contribution in [3.8, 4) is 28.0 Å². The molecule has 3 heterocycles. The Morgan fingerprint density at radius 2 is 1.97 bits per heavy atom. The van der Waals surface area contributed by atoms with Gasteiger partial charge in [-0.05, 0) is 36.1 Å². The van der Waals surface area contributed by atoms with E-state index in [-0.39, 0.29) is 17.4 Å². The van der Waals surface area contributed by atoms with E-state index in [4.69, 9.17) is 9.47 Å². The first kappa shape index (κ1) is 21.3. The van der Waals surface area contributed by atoms with Gasteiger partial charge in [0, 0.05) is 23.4 Å². The highest BCUT2D eigenvalue weighted by Crippen LogP contribution is 2.30. The number of aryl methyl sites for hydroxylation is 1. The predicted octanol–water partition coefficient (Wildman–Crippen LogP) is 3.52. The third-order valence-electron chi connectivity index (χ3n) is 4.72. The molecule has 32 heavy (non-hydrogen) atoms. The molecule has 3 aromatic heterocycles. The Labute approximate surface area is 187 Å². The molecule has 0 saturated heterocycles. The van der Waals surface area contributed by atoms with Crippen LogP contribution in [0.2, 0.25) is 0 Å². The second kappa shape index (κ2) is 9.06. The molecule has 0 unspecified atom stereocenters. The fraction of sp³-hybridized carbons (Fsp3) is 0.182. The second-order valence-electron chi connectivity index (χ2n) is 6.74. The highest BCUT2D eigenvalue weighted by Gasteiger charge is 2.18. The van der Waals surface area contributed by atoms with Crippen molar-refractivity contribution in [3.05, 3.63) is 69.5 Å². The first-order valence-electron chi connectivity index (χ1n) is 9.80. The van der Waals surface area contributed by atoms with Gasteiger partial charge >= 0.3 is 0 Å². The Bertz CT molecular complexity index is 1310. The SMILES string of the molecule is CCc1cc(=O)[nH]c(-n2nc(-c3cccs3)cc2NC(=O)c2ccc(OC)c(OC)c2)n1. The van der Waals surface area contributed by atoms with Crippen molar-refractivity contribution in [1.82, 2.24) is 19.7 Å². The lowest BCUT2D eigenvalue weighted by atomic mass is 10.2. The number of rotatable bonds is 7. The minimum atomic E-state index is -0.376. The van der Waals surface area contributed by atoms with Crippen molar-refractivity contribution in [2.75, 3.05) is 19.5 Å². The van der Waals surface area contributed by atoms with Gasteiger partial charge in [-0.1, -0.05) is 13.0 Å². The highest BCUT2D eigenvalue weighted by molar-refractivity contribution is 7.13. The van der Waals surface area contributed by atoms with Crippen LogP contribution in [0.1, 0.15) is 23.0 Å². The third kappa shape index (κ3) is 4.26. The number of hydrogen-bond donors (Lipinski definition) is 2. The van der Waals surface area contributed by atoms with Crippen molar-refractivity contribution in [3.63, 3.8) is 0 Å². The number of hydrogen-bond acceptors (Lipinski definition) is 7. The van der Waals surface area contributed by atoms with Gasteiger partial charge in [-0.2, -0.15) is 9.78 Å². The summed E-state index contributed by atoms with van der Waals surface area (Å²) in [6.45, 7) is 1.91. The molecule has 0 aliphatic carbocycles. The van der Waals surface area contributed by atoms with Gasteiger partial charge in [-0.15, -0.1) is 11.3 Å². The Hall–Kier alpha value is -3.92. The number of ether oxygens (including phenoxy) is 2. The first-order chi connectivity index (χ1) is 15.5. The van der Waals surface area contributed by atoms with Crippen LogP contribution in [0, 0.1) is 0 Å². The van der Waals surface area contributed by atoms with E-state index >= 15 is 0 Å². The number of H-pyrrole nitrogens is 1. The molecule has 0 atom stereocenters. The number of nitrogens with one attached hydrogen (secondary N) is 2. The summed E-state index contributed by atoms with van der Waals surface area (Å²) in [6, 6.07) is 11.9. The maximum Gasteiger partial charge on any atom is 0.256 e. The Morgan fingerprint density at radius 1 is 1.16 bits per heavy atom. The number of thiophene rings is 1. The molecule has 2 N–H and O–H groups in total. The molecule has 0 aliphatic heterocycles. The molecule has 0 radical (unpaired) electrons. The molecule has 10 heteroatoms. The minimum absolute atomic E-state index is 0.222. The summed E-state index contributed by atoms with van der Waals surface area (Å²) in [5.41, 5.74) is 1.34. The lowest BCUT2D eigenvalue weighted by Crippen LogP contribution is -2.19. The highest BCUT2D eigenvalue weighted by atomic mass is 32.1. The number of anilines is 1. The molecule has 1 amide bonds. The zero-order valence-corrected chi connectivity index (χ0v) is 18.5. The number of benzene rings is 1. The molecular formula is C22H21N5O4S. The number of carbonyl (C=O) groups is 1. The van der Waals surface area contributed by atoms with Gasteiger partial charge in [-0.25, -0.2) is 4.98 Å². The first-order valence-corrected chi connectivity index (χ1v) is 10.7. The van der Waals surface area contributed by atoms with E-state index in [2.05, 4.69) is 20.4 Å². The Morgan fingerprint density at radius 3 is 2.66 bits per heavy atom. The number of methoxy groups -OCH3 is 2. The van der Waals surface area contributed by atoms with Crippen LogP contribution in [-0.2, 0) is 6.42 Å². The van der Waals surface area contributed by atoms with Crippen molar-refractivity contribution >= 4 is 23.1 Å². The minimum Gasteiger partial charge on any atom is -0.493 e. The van der Waals surface area contributed by atoms with E-state index in [9.17, 15) is 9.59 Å². The Balaban J connectivity index is 1.75. The van der Waals surface area contributed by atoms with E-state index < -0.39 is 0 Å². The van der Waals surface area contributed by atoms with Crippen LogP contribution in [0.5, 0.6) is 11.5 Å². The zero-order valence-electron chi connectivity index (χ0n) is 17.7. The van der Waals surface area contributed by atoms with Crippen LogP contribution < -0.4 is 20.3 Å². The molecule has 0 bridgehead atoms. The van der Waals surface area contributed by atoms with Crippen LogP contribution >= 0.6 is 11.3 Å². The lowest BCUT2D eigenvalue weighted by Gasteiger charge is -2.11. The van der Waals surface area contributed by atoms with Gasteiger partial charge < -0.3 is 14.8 Å². The van der Waals surface area contributed by atoms with E-state index in [1.807, 2.05) is 24.4 Å². The van der Waals surface area contributed by atoms with E-state index in [0.717, 1.165) is 4.88 Å². The standard InChI is InChI=1S/C22H21N5O4S/c1-4-14-11-20(28)25-22(23-14)27-19(12-15(26-27)18-6-5-9-32-18)24-21(29)13-7-8-16(30-2)17(10-13)31-3/h5-12H,4H2,1-3H3,(H,24,29)(H,23,25,28). The summed E-state index contributed by atoms with van der Waals surface area (Å²) >= 11 is 1.52. The van der Waals surface area contributed by atoms with E-state index in [0.29, 0.717) is 40.7 Å². The van der Waals surface area contributed by atoms with Crippen LogP contribution in [-0.4, -0.2) is 39.9 Å². The van der Waals surface area contributed by atoms with Gasteiger partial charge in [-0.3, -0.25) is 14.6 Å². The van der Waals surface area contributed by atoms with Crippen LogP contribution in [0.3, 0.4) is 0 Å². The fourth-order valence-corrected chi connectivity index (χ4v) is 3.80. The van der Waals surface area contributed by atoms with Crippen molar-refractivity contribution in [2.45, 2.75) is 13.3 Å². The number of aromatic nitrogens is 4. The summed E-state index contributed by atoms with van der Waals surface area (Å²) in [6.07, 6.45) is 0.587. The predicted molar refractivity (Wildman–Crippen MR) is 122 cm³/mol. The summed E-state index contributed by atoms with van der Waals surface area (Å²) in [7, 11) is 3.03. The number of carbonyl (C=O) groups excluding carboxylic acids is 1. The average Bonchev–Trinajstić information content (AvgIpc) is 3.48. The molecule has 0 saturated carbocycles. The second-order valence-corrected chi connectivity index (χ2v) is 7.69. The normalized spacial score (nSPS) is 10.7. The molecule has 0 spiro atoms. The Kier molecular flexibility index (Phi) is 6.04. The van der Waals surface area contributed by atoms with Crippen molar-refractivity contribution < 1.29 is 14.3 Å². The van der Waals surface area contributed by atoms with E-state index in [1.165, 1.54) is 36.3 Å². The van der Waals surface area contributed by atoms with Crippen molar-refractivity contribution in [2.24, 2.45) is 0 Å². The summed E-state index contributed by atoms with van der Waals surface area (Å²) in [5, 5.41) is 9.38. The summed E-state index contributed by atoms with van der Waals surface area (Å²) < 4.78 is 11.9. The number of nitrogens with zero attached hydrogens (tertiary/aromatic N) is 3. The topological polar surface area (TPSA) is 111 Å². The molecule has 0 aliphatic rings. The molecule has 9 nitrogen and oxygen atoms in total. The maximum absolute atomic E-state index is 13.0. The van der Waals surface area contributed by atoms with Gasteiger partial charge in [0.05, 0.1) is 19.1 Å². The maximum atomic E-state index is 13.0. The third-order valence-corrected chi connectivity index (χ3v) is 5.61. The lowest BCUT2D eigenvalue weighted by molar-refractivity contribution is 0.102. The van der Waals surface area contributed by atoms with Crippen LogP contribution in [0.15, 0.2) is 52.6 Å². The summed E-state index contributed by atoms with van der Waals surface area (Å²) in [5.74, 6) is 1.17. The van der Waals surface area contributed by atoms with Gasteiger partial charge in [0.15, 0.2) is 11.5 Å². The smallest absolute Gasteiger partial charge is 0.256 e. The van der Waals surface area contributed by atoms with Crippen molar-refractivity contribution in [1.29, 1.82) is 0 Å². The molecule has 164 valence electrons. The summed E-state index contributed by atoms with van der Waals surface area (Å²) in [4.78, 5) is 33.2. The number of aromatic amines is 1. The molecule has 4 rings (SSSR count).